The number of rotatable bonds is 17. The van der Waals surface area contributed by atoms with Crippen molar-refractivity contribution in [2.75, 3.05) is 13.2 Å². The molecule has 1 unspecified atom stereocenters. The number of hydrogen-bond donors (Lipinski definition) is 1. The Kier molecular flexibility index (Phi) is 14.8. The zero-order chi connectivity index (χ0) is 29.1. The second-order valence-electron chi connectivity index (χ2n) is 10.7. The average Bonchev–Trinajstić information content (AvgIpc) is 3.31. The molecule has 5 nitrogen and oxygen atoms in total. The van der Waals surface area contributed by atoms with Crippen molar-refractivity contribution in [1.82, 2.24) is 9.47 Å². The zero-order valence-electron chi connectivity index (χ0n) is 25.2. The largest absolute Gasteiger partial charge is 0.450 e. The summed E-state index contributed by atoms with van der Waals surface area (Å²) in [4.78, 5) is 13.9. The normalized spacial score (nSPS) is 11.5. The third kappa shape index (κ3) is 10.5. The van der Waals surface area contributed by atoms with Crippen LogP contribution in [0, 0.1) is 23.7 Å². The molecule has 0 radical (unpaired) electrons. The Hall–Kier alpha value is -3.41. The molecule has 1 amide bonds. The van der Waals surface area contributed by atoms with Crippen molar-refractivity contribution in [3.63, 3.8) is 0 Å². The van der Waals surface area contributed by atoms with E-state index in [1.807, 2.05) is 0 Å². The number of benzene rings is 2. The van der Waals surface area contributed by atoms with Gasteiger partial charge in [-0.05, 0) is 50.2 Å². The van der Waals surface area contributed by atoms with Crippen LogP contribution in [0.4, 0.5) is 4.79 Å². The molecule has 3 aromatic rings. The molecule has 1 N–H and O–H groups in total. The fraction of sp³-hybridized carbons (Fsp3) is 0.528. The van der Waals surface area contributed by atoms with Gasteiger partial charge in [0, 0.05) is 34.8 Å². The summed E-state index contributed by atoms with van der Waals surface area (Å²) >= 11 is 0. The lowest BCUT2D eigenvalue weighted by atomic mass is 10.1. The Bertz CT molecular complexity index is 1270. The van der Waals surface area contributed by atoms with E-state index in [1.54, 1.807) is 6.92 Å². The van der Waals surface area contributed by atoms with Gasteiger partial charge in [-0.3, -0.25) is 4.90 Å². The molecular formula is C36H48N2O3. The fourth-order valence-electron chi connectivity index (χ4n) is 5.31. The van der Waals surface area contributed by atoms with Gasteiger partial charge in [0.2, 0.25) is 0 Å². The number of aromatic nitrogens is 1. The first-order valence-corrected chi connectivity index (χ1v) is 15.7. The molecule has 220 valence electrons. The minimum Gasteiger partial charge on any atom is -0.450 e. The van der Waals surface area contributed by atoms with Crippen LogP contribution in [0.5, 0.6) is 0 Å². The van der Waals surface area contributed by atoms with E-state index in [1.165, 1.54) is 78.1 Å². The summed E-state index contributed by atoms with van der Waals surface area (Å²) in [5.74, 6) is 12.2. The Morgan fingerprint density at radius 1 is 0.805 bits per heavy atom. The molecule has 5 heteroatoms. The van der Waals surface area contributed by atoms with E-state index < -0.39 is 12.3 Å². The van der Waals surface area contributed by atoms with Crippen LogP contribution in [0.25, 0.3) is 21.8 Å². The van der Waals surface area contributed by atoms with Gasteiger partial charge in [0.25, 0.3) is 0 Å². The van der Waals surface area contributed by atoms with Gasteiger partial charge in [0.15, 0.2) is 0 Å². The SMILES string of the molecule is CCCCCCCCCCCCN(C(=O)OCC)C(O)CCCC#CC#CCn1c2ccccc2c2ccccc21. The first-order chi connectivity index (χ1) is 20.2. The van der Waals surface area contributed by atoms with E-state index in [4.69, 9.17) is 4.74 Å². The highest BCUT2D eigenvalue weighted by molar-refractivity contribution is 6.08. The van der Waals surface area contributed by atoms with Gasteiger partial charge in [0.05, 0.1) is 13.2 Å². The molecule has 1 heterocycles. The molecule has 0 spiro atoms. The second kappa shape index (κ2) is 18.8. The van der Waals surface area contributed by atoms with E-state index in [2.05, 4.69) is 83.7 Å². The molecule has 1 atom stereocenters. The smallest absolute Gasteiger partial charge is 0.411 e. The zero-order valence-corrected chi connectivity index (χ0v) is 25.2. The monoisotopic (exact) mass is 556 g/mol. The van der Waals surface area contributed by atoms with E-state index in [9.17, 15) is 9.90 Å². The van der Waals surface area contributed by atoms with Crippen LogP contribution in [-0.4, -0.2) is 40.0 Å². The first kappa shape index (κ1) is 32.1. The summed E-state index contributed by atoms with van der Waals surface area (Å²) in [7, 11) is 0. The van der Waals surface area contributed by atoms with Gasteiger partial charge in [-0.15, -0.1) is 0 Å². The van der Waals surface area contributed by atoms with Crippen LogP contribution in [0.15, 0.2) is 48.5 Å². The van der Waals surface area contributed by atoms with Crippen molar-refractivity contribution >= 4 is 27.9 Å². The number of carbonyl (C=O) groups is 1. The van der Waals surface area contributed by atoms with E-state index in [0.717, 1.165) is 12.8 Å². The van der Waals surface area contributed by atoms with Gasteiger partial charge in [-0.1, -0.05) is 113 Å². The average molecular weight is 557 g/mol. The molecular weight excluding hydrogens is 508 g/mol. The number of ether oxygens (including phenoxy) is 1. The number of hydrogen-bond acceptors (Lipinski definition) is 3. The van der Waals surface area contributed by atoms with Crippen LogP contribution in [-0.2, 0) is 11.3 Å². The highest BCUT2D eigenvalue weighted by atomic mass is 16.6. The molecule has 2 aromatic carbocycles. The quantitative estimate of drug-likeness (QED) is 0.103. The molecule has 0 aliphatic heterocycles. The van der Waals surface area contributed by atoms with Crippen LogP contribution in [0.3, 0.4) is 0 Å². The fourth-order valence-corrected chi connectivity index (χ4v) is 5.31. The minimum atomic E-state index is -0.851. The summed E-state index contributed by atoms with van der Waals surface area (Å²) in [6, 6.07) is 16.8. The Labute approximate surface area is 247 Å². The Morgan fingerprint density at radius 2 is 1.37 bits per heavy atom. The number of aliphatic hydroxyl groups is 1. The standard InChI is InChI=1S/C36H48N2O3/c1-3-5-6-7-8-9-10-12-16-23-30-38(36(40)41-4-2)35(39)28-17-14-11-13-15-22-29-37-33-26-20-18-24-31(33)32-25-19-21-27-34(32)37/h18-21,24-27,35,39H,3-10,12,14,16-17,23,28-30H2,1-2H3. The molecule has 1 aromatic heterocycles. The minimum absolute atomic E-state index is 0.304. The highest BCUT2D eigenvalue weighted by Gasteiger charge is 2.22. The lowest BCUT2D eigenvalue weighted by Gasteiger charge is -2.27. The molecule has 0 bridgehead atoms. The van der Waals surface area contributed by atoms with E-state index >= 15 is 0 Å². The maximum Gasteiger partial charge on any atom is 0.411 e. The summed E-state index contributed by atoms with van der Waals surface area (Å²) < 4.78 is 7.43. The van der Waals surface area contributed by atoms with Crippen molar-refractivity contribution in [3.8, 4) is 23.7 Å². The van der Waals surface area contributed by atoms with Crippen LogP contribution in [0.1, 0.15) is 97.3 Å². The number of unbranched alkanes of at least 4 members (excludes halogenated alkanes) is 10. The Balaban J connectivity index is 1.39. The van der Waals surface area contributed by atoms with Crippen molar-refractivity contribution in [2.24, 2.45) is 0 Å². The predicted molar refractivity (Wildman–Crippen MR) is 170 cm³/mol. The molecule has 0 fully saturated rings. The van der Waals surface area contributed by atoms with E-state index in [-0.39, 0.29) is 0 Å². The summed E-state index contributed by atoms with van der Waals surface area (Å²) in [6.45, 7) is 5.45. The predicted octanol–water partition coefficient (Wildman–Crippen LogP) is 8.67. The molecule has 0 aliphatic carbocycles. The molecule has 3 rings (SSSR count). The number of fused-ring (bicyclic) bond motifs is 3. The lowest BCUT2D eigenvalue weighted by Crippen LogP contribution is -2.41. The van der Waals surface area contributed by atoms with E-state index in [0.29, 0.717) is 39.0 Å². The van der Waals surface area contributed by atoms with Crippen LogP contribution in [0.2, 0.25) is 0 Å². The number of amides is 1. The van der Waals surface area contributed by atoms with Gasteiger partial charge in [-0.2, -0.15) is 0 Å². The number of nitrogens with zero attached hydrogens (tertiary/aromatic N) is 2. The molecule has 0 aliphatic rings. The van der Waals surface area contributed by atoms with Crippen molar-refractivity contribution in [1.29, 1.82) is 0 Å². The summed E-state index contributed by atoms with van der Waals surface area (Å²) in [5, 5.41) is 13.2. The number of para-hydroxylation sites is 2. The highest BCUT2D eigenvalue weighted by Crippen LogP contribution is 2.28. The molecule has 0 saturated carbocycles. The van der Waals surface area contributed by atoms with Crippen LogP contribution >= 0.6 is 0 Å². The lowest BCUT2D eigenvalue weighted by molar-refractivity contribution is -0.00543. The molecule has 0 saturated heterocycles. The molecule has 41 heavy (non-hydrogen) atoms. The van der Waals surface area contributed by atoms with Crippen LogP contribution < -0.4 is 0 Å². The van der Waals surface area contributed by atoms with Gasteiger partial charge in [-0.25, -0.2) is 4.79 Å². The maximum atomic E-state index is 12.4. The third-order valence-electron chi connectivity index (χ3n) is 7.54. The third-order valence-corrected chi connectivity index (χ3v) is 7.54. The number of aliphatic hydroxyl groups excluding tert-OH is 1. The first-order valence-electron chi connectivity index (χ1n) is 15.7. The Morgan fingerprint density at radius 3 is 1.98 bits per heavy atom. The van der Waals surface area contributed by atoms with Crippen molar-refractivity contribution in [2.45, 2.75) is 110 Å². The topological polar surface area (TPSA) is 54.7 Å². The number of carbonyl (C=O) groups excluding carboxylic acids is 1. The van der Waals surface area contributed by atoms with Crippen molar-refractivity contribution in [3.05, 3.63) is 48.5 Å². The maximum absolute atomic E-state index is 12.4. The van der Waals surface area contributed by atoms with Gasteiger partial charge in [0.1, 0.15) is 6.23 Å². The van der Waals surface area contributed by atoms with Gasteiger partial charge < -0.3 is 14.4 Å². The van der Waals surface area contributed by atoms with Crippen molar-refractivity contribution < 1.29 is 14.6 Å². The summed E-state index contributed by atoms with van der Waals surface area (Å²) in [5.41, 5.74) is 2.35. The second-order valence-corrected chi connectivity index (χ2v) is 10.7. The van der Waals surface area contributed by atoms with Gasteiger partial charge >= 0.3 is 6.09 Å². The summed E-state index contributed by atoms with van der Waals surface area (Å²) in [6.07, 6.45) is 12.8.